The van der Waals surface area contributed by atoms with Crippen molar-refractivity contribution in [2.45, 2.75) is 26.4 Å². The molecule has 3 nitrogen and oxygen atoms in total. The van der Waals surface area contributed by atoms with E-state index in [9.17, 15) is 0 Å². The van der Waals surface area contributed by atoms with Crippen molar-refractivity contribution in [1.29, 1.82) is 0 Å². The fourth-order valence-electron chi connectivity index (χ4n) is 1.15. The van der Waals surface area contributed by atoms with Crippen LogP contribution in [-0.2, 0) is 13.5 Å². The van der Waals surface area contributed by atoms with Gasteiger partial charge in [0.2, 0.25) is 0 Å². The summed E-state index contributed by atoms with van der Waals surface area (Å²) < 4.78 is 1.81. The average molecular weight is 154 g/mol. The Morgan fingerprint density at radius 2 is 2.36 bits per heavy atom. The molecule has 0 saturated heterocycles. The minimum atomic E-state index is -0.288. The van der Waals surface area contributed by atoms with Crippen molar-refractivity contribution in [2.24, 2.45) is 7.05 Å². The zero-order chi connectivity index (χ0) is 8.43. The lowest BCUT2D eigenvalue weighted by Gasteiger charge is -2.05. The minimum absolute atomic E-state index is 0.288. The van der Waals surface area contributed by atoms with E-state index in [2.05, 4.69) is 5.10 Å². The van der Waals surface area contributed by atoms with Crippen molar-refractivity contribution in [1.82, 2.24) is 9.78 Å². The normalized spacial score (nSPS) is 13.5. The van der Waals surface area contributed by atoms with E-state index in [0.29, 0.717) is 6.42 Å². The smallest absolute Gasteiger partial charge is 0.0567 e. The molecule has 0 amide bonds. The van der Waals surface area contributed by atoms with Crippen LogP contribution in [0.5, 0.6) is 0 Å². The first-order chi connectivity index (χ1) is 5.11. The molecule has 1 heterocycles. The molecule has 0 bridgehead atoms. The van der Waals surface area contributed by atoms with E-state index in [0.717, 1.165) is 11.3 Å². The van der Waals surface area contributed by atoms with E-state index in [1.165, 1.54) is 0 Å². The number of rotatable bonds is 2. The van der Waals surface area contributed by atoms with Crippen LogP contribution in [0.15, 0.2) is 6.20 Å². The maximum absolute atomic E-state index is 9.13. The number of hydrogen-bond donors (Lipinski definition) is 1. The number of aryl methyl sites for hydroxylation is 2. The summed E-state index contributed by atoms with van der Waals surface area (Å²) in [7, 11) is 1.89. The summed E-state index contributed by atoms with van der Waals surface area (Å²) in [6, 6.07) is 0. The van der Waals surface area contributed by atoms with Crippen LogP contribution in [-0.4, -0.2) is 21.0 Å². The summed E-state index contributed by atoms with van der Waals surface area (Å²) in [5.41, 5.74) is 2.26. The lowest BCUT2D eigenvalue weighted by molar-refractivity contribution is 0.192. The number of nitrogens with zero attached hydrogens (tertiary/aromatic N) is 2. The fourth-order valence-corrected chi connectivity index (χ4v) is 1.15. The largest absolute Gasteiger partial charge is 0.393 e. The van der Waals surface area contributed by atoms with Gasteiger partial charge in [0.15, 0.2) is 0 Å². The first kappa shape index (κ1) is 8.27. The predicted molar refractivity (Wildman–Crippen MR) is 43.3 cm³/mol. The molecule has 1 rings (SSSR count). The van der Waals surface area contributed by atoms with Crippen molar-refractivity contribution in [3.63, 3.8) is 0 Å². The number of aliphatic hydroxyl groups is 1. The minimum Gasteiger partial charge on any atom is -0.393 e. The highest BCUT2D eigenvalue weighted by Crippen LogP contribution is 2.07. The van der Waals surface area contributed by atoms with Crippen LogP contribution in [0.1, 0.15) is 18.2 Å². The average Bonchev–Trinajstić information content (AvgIpc) is 2.18. The predicted octanol–water partition coefficient (Wildman–Crippen LogP) is 0.652. The Morgan fingerprint density at radius 1 is 1.73 bits per heavy atom. The topological polar surface area (TPSA) is 38.0 Å². The second kappa shape index (κ2) is 3.05. The SMILES string of the molecule is Cc1cnn(C)c1C[C@@H](C)O. The van der Waals surface area contributed by atoms with E-state index < -0.39 is 0 Å². The molecule has 3 heteroatoms. The molecule has 0 aromatic carbocycles. The highest BCUT2D eigenvalue weighted by molar-refractivity contribution is 5.15. The monoisotopic (exact) mass is 154 g/mol. The molecule has 62 valence electrons. The van der Waals surface area contributed by atoms with Crippen LogP contribution >= 0.6 is 0 Å². The van der Waals surface area contributed by atoms with E-state index >= 15 is 0 Å². The van der Waals surface area contributed by atoms with Crippen molar-refractivity contribution < 1.29 is 5.11 Å². The Morgan fingerprint density at radius 3 is 2.73 bits per heavy atom. The summed E-state index contributed by atoms with van der Waals surface area (Å²) in [6.07, 6.45) is 2.21. The first-order valence-corrected chi connectivity index (χ1v) is 3.77. The maximum Gasteiger partial charge on any atom is 0.0567 e. The molecular weight excluding hydrogens is 140 g/mol. The maximum atomic E-state index is 9.13. The second-order valence-electron chi connectivity index (χ2n) is 2.95. The Balaban J connectivity index is 2.83. The molecule has 0 fully saturated rings. The van der Waals surface area contributed by atoms with Crippen molar-refractivity contribution in [3.8, 4) is 0 Å². The summed E-state index contributed by atoms with van der Waals surface area (Å²) >= 11 is 0. The Hall–Kier alpha value is -0.830. The molecule has 1 N–H and O–H groups in total. The third kappa shape index (κ3) is 1.80. The van der Waals surface area contributed by atoms with Crippen LogP contribution < -0.4 is 0 Å². The summed E-state index contributed by atoms with van der Waals surface area (Å²) in [5.74, 6) is 0. The molecule has 0 aliphatic heterocycles. The zero-order valence-corrected chi connectivity index (χ0v) is 7.20. The van der Waals surface area contributed by atoms with Crippen LogP contribution in [0.2, 0.25) is 0 Å². The molecule has 1 atom stereocenters. The number of aliphatic hydroxyl groups excluding tert-OH is 1. The molecule has 1 aromatic rings. The third-order valence-corrected chi connectivity index (χ3v) is 1.76. The van der Waals surface area contributed by atoms with Gasteiger partial charge in [-0.3, -0.25) is 4.68 Å². The first-order valence-electron chi connectivity index (χ1n) is 3.77. The Labute approximate surface area is 66.7 Å². The van der Waals surface area contributed by atoms with Gasteiger partial charge >= 0.3 is 0 Å². The van der Waals surface area contributed by atoms with E-state index in [4.69, 9.17) is 5.11 Å². The van der Waals surface area contributed by atoms with E-state index in [-0.39, 0.29) is 6.10 Å². The lowest BCUT2D eigenvalue weighted by Crippen LogP contribution is -2.09. The van der Waals surface area contributed by atoms with Gasteiger partial charge < -0.3 is 5.11 Å². The van der Waals surface area contributed by atoms with Gasteiger partial charge in [-0.2, -0.15) is 5.10 Å². The quantitative estimate of drug-likeness (QED) is 0.679. The summed E-state index contributed by atoms with van der Waals surface area (Å²) in [6.45, 7) is 3.79. The van der Waals surface area contributed by atoms with Crippen LogP contribution in [0.25, 0.3) is 0 Å². The Kier molecular flexibility index (Phi) is 2.29. The summed E-state index contributed by atoms with van der Waals surface area (Å²) in [4.78, 5) is 0. The Bertz CT molecular complexity index is 221. The number of aromatic nitrogens is 2. The highest BCUT2D eigenvalue weighted by atomic mass is 16.3. The van der Waals surface area contributed by atoms with Crippen molar-refractivity contribution in [2.75, 3.05) is 0 Å². The molecule has 0 saturated carbocycles. The van der Waals surface area contributed by atoms with Gasteiger partial charge in [-0.25, -0.2) is 0 Å². The molecule has 1 aromatic heterocycles. The second-order valence-corrected chi connectivity index (χ2v) is 2.95. The molecule has 0 aliphatic carbocycles. The van der Waals surface area contributed by atoms with Gasteiger partial charge in [0.05, 0.1) is 12.3 Å². The molecular formula is C8H14N2O. The standard InChI is InChI=1S/C8H14N2O/c1-6-5-9-10(3)8(6)4-7(2)11/h5,7,11H,4H2,1-3H3/t7-/m1/s1. The van der Waals surface area contributed by atoms with Crippen molar-refractivity contribution in [3.05, 3.63) is 17.5 Å². The molecule has 0 aliphatic rings. The molecule has 0 unspecified atom stereocenters. The van der Waals surface area contributed by atoms with E-state index in [1.54, 1.807) is 6.92 Å². The van der Waals surface area contributed by atoms with Gasteiger partial charge in [0.25, 0.3) is 0 Å². The highest BCUT2D eigenvalue weighted by Gasteiger charge is 2.06. The van der Waals surface area contributed by atoms with Gasteiger partial charge in [-0.1, -0.05) is 0 Å². The van der Waals surface area contributed by atoms with Gasteiger partial charge in [0, 0.05) is 19.2 Å². The van der Waals surface area contributed by atoms with Gasteiger partial charge in [-0.15, -0.1) is 0 Å². The number of hydrogen-bond acceptors (Lipinski definition) is 2. The third-order valence-electron chi connectivity index (χ3n) is 1.76. The summed E-state index contributed by atoms with van der Waals surface area (Å²) in [5, 5.41) is 13.2. The molecule has 0 radical (unpaired) electrons. The van der Waals surface area contributed by atoms with Crippen LogP contribution in [0, 0.1) is 6.92 Å². The lowest BCUT2D eigenvalue weighted by atomic mass is 10.1. The zero-order valence-electron chi connectivity index (χ0n) is 7.20. The molecule has 0 spiro atoms. The van der Waals surface area contributed by atoms with Gasteiger partial charge in [-0.05, 0) is 19.4 Å². The fraction of sp³-hybridized carbons (Fsp3) is 0.625. The van der Waals surface area contributed by atoms with Crippen LogP contribution in [0.4, 0.5) is 0 Å². The van der Waals surface area contributed by atoms with Crippen molar-refractivity contribution >= 4 is 0 Å². The van der Waals surface area contributed by atoms with E-state index in [1.807, 2.05) is 24.9 Å². The van der Waals surface area contributed by atoms with Gasteiger partial charge in [0.1, 0.15) is 0 Å². The van der Waals surface area contributed by atoms with Crippen LogP contribution in [0.3, 0.4) is 0 Å². The molecule has 11 heavy (non-hydrogen) atoms.